The molecule has 0 unspecified atom stereocenters. The van der Waals surface area contributed by atoms with Crippen molar-refractivity contribution in [1.29, 1.82) is 0 Å². The number of ether oxygens (including phenoxy) is 1. The summed E-state index contributed by atoms with van der Waals surface area (Å²) in [7, 11) is 0. The minimum absolute atomic E-state index is 0.0914. The lowest BCUT2D eigenvalue weighted by molar-refractivity contribution is -0.147. The maximum absolute atomic E-state index is 9.47. The van der Waals surface area contributed by atoms with E-state index in [0.29, 0.717) is 0 Å². The summed E-state index contributed by atoms with van der Waals surface area (Å²) in [5.41, 5.74) is 4.57. The summed E-state index contributed by atoms with van der Waals surface area (Å²) < 4.78 is 3.81. The van der Waals surface area contributed by atoms with Gasteiger partial charge in [-0.05, 0) is 0 Å². The topological polar surface area (TPSA) is 127 Å². The molecule has 0 atom stereocenters. The lowest BCUT2D eigenvalue weighted by Gasteiger charge is -1.85. The Morgan fingerprint density at radius 1 is 1.33 bits per heavy atom. The molecule has 0 fully saturated rings. The molecule has 7 nitrogen and oxygen atoms in total. The van der Waals surface area contributed by atoms with Crippen LogP contribution in [0.15, 0.2) is 0 Å². The Labute approximate surface area is 67.7 Å². The highest BCUT2D eigenvalue weighted by Crippen LogP contribution is 1.63. The van der Waals surface area contributed by atoms with E-state index in [9.17, 15) is 14.4 Å². The molecule has 0 radical (unpaired) electrons. The fourth-order valence-corrected chi connectivity index (χ4v) is 0.105. The van der Waals surface area contributed by atoms with Crippen LogP contribution >= 0.6 is 0 Å². The molecule has 0 aromatic rings. The van der Waals surface area contributed by atoms with Gasteiger partial charge in [-0.3, -0.25) is 9.59 Å². The lowest BCUT2D eigenvalue weighted by atomic mass is 10.7. The highest BCUT2D eigenvalue weighted by atomic mass is 16.5. The Bertz CT molecular complexity index is 156. The average Bonchev–Trinajstić information content (AvgIpc) is 2.02. The molecule has 0 aliphatic heterocycles. The van der Waals surface area contributed by atoms with E-state index in [1.54, 1.807) is 0 Å². The summed E-state index contributed by atoms with van der Waals surface area (Å²) in [5.74, 6) is -2.11. The SMILES string of the molecule is NCC(=O)O.O=COCC(=O)O. The van der Waals surface area contributed by atoms with Crippen molar-refractivity contribution in [3.63, 3.8) is 0 Å². The number of hydrogen-bond acceptors (Lipinski definition) is 5. The van der Waals surface area contributed by atoms with Crippen LogP contribution in [0.3, 0.4) is 0 Å². The van der Waals surface area contributed by atoms with Crippen LogP contribution < -0.4 is 5.73 Å². The standard InChI is InChI=1S/C3H4O4.C2H5NO2/c4-2-7-1-3(5)6;3-1-2(4)5/h2H,1H2,(H,5,6);1,3H2,(H,4,5). The zero-order valence-electron chi connectivity index (χ0n) is 6.10. The van der Waals surface area contributed by atoms with Gasteiger partial charge in [0.2, 0.25) is 0 Å². The lowest BCUT2D eigenvalue weighted by Crippen LogP contribution is -2.10. The molecule has 0 saturated carbocycles. The second kappa shape index (κ2) is 9.37. The van der Waals surface area contributed by atoms with Gasteiger partial charge in [-0.15, -0.1) is 0 Å². The maximum atomic E-state index is 9.47. The fourth-order valence-electron chi connectivity index (χ4n) is 0.105. The second-order valence-electron chi connectivity index (χ2n) is 1.40. The molecule has 0 spiro atoms. The first-order valence-corrected chi connectivity index (χ1v) is 2.73. The van der Waals surface area contributed by atoms with Crippen LogP contribution in [-0.2, 0) is 19.1 Å². The van der Waals surface area contributed by atoms with Crippen molar-refractivity contribution in [1.82, 2.24) is 0 Å². The van der Waals surface area contributed by atoms with Crippen molar-refractivity contribution in [3.05, 3.63) is 0 Å². The monoisotopic (exact) mass is 179 g/mol. The zero-order chi connectivity index (χ0) is 9.98. The third-order valence-corrected chi connectivity index (χ3v) is 0.449. The van der Waals surface area contributed by atoms with Crippen LogP contribution in [0, 0.1) is 0 Å². The van der Waals surface area contributed by atoms with Crippen LogP contribution in [0.25, 0.3) is 0 Å². The minimum atomic E-state index is -1.15. The van der Waals surface area contributed by atoms with E-state index in [0.717, 1.165) is 0 Å². The molecule has 7 heteroatoms. The Morgan fingerprint density at radius 3 is 1.83 bits per heavy atom. The van der Waals surface area contributed by atoms with Crippen molar-refractivity contribution in [2.24, 2.45) is 5.73 Å². The molecule has 70 valence electrons. The normalized spacial score (nSPS) is 7.42. The van der Waals surface area contributed by atoms with E-state index in [2.05, 4.69) is 10.5 Å². The van der Waals surface area contributed by atoms with Crippen LogP contribution in [0.4, 0.5) is 0 Å². The van der Waals surface area contributed by atoms with E-state index >= 15 is 0 Å². The van der Waals surface area contributed by atoms with E-state index in [4.69, 9.17) is 10.2 Å². The molecule has 0 aromatic heterocycles. The van der Waals surface area contributed by atoms with E-state index < -0.39 is 18.5 Å². The summed E-state index contributed by atoms with van der Waals surface area (Å²) >= 11 is 0. The summed E-state index contributed by atoms with van der Waals surface area (Å²) in [6, 6.07) is 0. The molecular formula is C5H9NO6. The van der Waals surface area contributed by atoms with Crippen LogP contribution in [0.2, 0.25) is 0 Å². The number of hydrogen-bond donors (Lipinski definition) is 3. The number of aliphatic carboxylic acids is 2. The number of carboxylic acid groups (broad SMARTS) is 2. The van der Waals surface area contributed by atoms with Crippen molar-refractivity contribution >= 4 is 18.4 Å². The fraction of sp³-hybridized carbons (Fsp3) is 0.400. The average molecular weight is 179 g/mol. The van der Waals surface area contributed by atoms with Crippen LogP contribution in [-0.4, -0.2) is 41.8 Å². The molecule has 4 N–H and O–H groups in total. The first-order valence-electron chi connectivity index (χ1n) is 2.73. The van der Waals surface area contributed by atoms with Gasteiger partial charge in [-0.2, -0.15) is 0 Å². The van der Waals surface area contributed by atoms with Crippen molar-refractivity contribution < 1.29 is 29.3 Å². The highest BCUT2D eigenvalue weighted by molar-refractivity contribution is 5.69. The Balaban J connectivity index is 0. The van der Waals surface area contributed by atoms with Gasteiger partial charge in [0.05, 0.1) is 6.54 Å². The predicted octanol–water partition coefficient (Wildman–Crippen LogP) is -1.73. The maximum Gasteiger partial charge on any atom is 0.341 e. The van der Waals surface area contributed by atoms with Gasteiger partial charge in [0.1, 0.15) is 0 Å². The largest absolute Gasteiger partial charge is 0.480 e. The van der Waals surface area contributed by atoms with Gasteiger partial charge in [0, 0.05) is 0 Å². The van der Waals surface area contributed by atoms with Gasteiger partial charge < -0.3 is 20.7 Å². The van der Waals surface area contributed by atoms with Crippen molar-refractivity contribution in [2.45, 2.75) is 0 Å². The molecule has 0 aliphatic carbocycles. The van der Waals surface area contributed by atoms with Gasteiger partial charge in [0.25, 0.3) is 6.47 Å². The molecule has 0 rings (SSSR count). The van der Waals surface area contributed by atoms with Crippen molar-refractivity contribution in [3.8, 4) is 0 Å². The Morgan fingerprint density at radius 2 is 1.75 bits per heavy atom. The van der Waals surface area contributed by atoms with Gasteiger partial charge in [0.15, 0.2) is 6.61 Å². The summed E-state index contributed by atoms with van der Waals surface area (Å²) in [5, 5.41) is 15.4. The van der Waals surface area contributed by atoms with Gasteiger partial charge in [-0.1, -0.05) is 0 Å². The second-order valence-corrected chi connectivity index (χ2v) is 1.40. The van der Waals surface area contributed by atoms with Crippen LogP contribution in [0.1, 0.15) is 0 Å². The van der Waals surface area contributed by atoms with E-state index in [1.807, 2.05) is 0 Å². The quantitative estimate of drug-likeness (QED) is 0.437. The molecule has 0 amide bonds. The number of rotatable bonds is 4. The molecule has 0 heterocycles. The molecule has 0 bridgehead atoms. The van der Waals surface area contributed by atoms with Crippen LogP contribution in [0.5, 0.6) is 0 Å². The summed E-state index contributed by atoms with van der Waals surface area (Å²) in [4.78, 5) is 27.9. The third-order valence-electron chi connectivity index (χ3n) is 0.449. The number of carbonyl (C=O) groups is 3. The summed E-state index contributed by atoms with van der Waals surface area (Å²) in [6.45, 7) is -0.738. The predicted molar refractivity (Wildman–Crippen MR) is 36.3 cm³/mol. The zero-order valence-corrected chi connectivity index (χ0v) is 6.10. The van der Waals surface area contributed by atoms with Gasteiger partial charge >= 0.3 is 11.9 Å². The molecule has 0 aliphatic rings. The number of carbonyl (C=O) groups excluding carboxylic acids is 1. The first kappa shape index (κ1) is 13.0. The third kappa shape index (κ3) is 23.8. The Hall–Kier alpha value is -1.63. The molecule has 0 saturated heterocycles. The first-order chi connectivity index (χ1) is 5.54. The highest BCUT2D eigenvalue weighted by Gasteiger charge is 1.90. The molecular weight excluding hydrogens is 170 g/mol. The van der Waals surface area contributed by atoms with Crippen molar-refractivity contribution in [2.75, 3.05) is 13.2 Å². The number of nitrogens with two attached hydrogens (primary N) is 1. The van der Waals surface area contributed by atoms with E-state index in [-0.39, 0.29) is 13.0 Å². The van der Waals surface area contributed by atoms with Gasteiger partial charge in [-0.25, -0.2) is 4.79 Å². The molecule has 0 aromatic carbocycles. The van der Waals surface area contributed by atoms with E-state index in [1.165, 1.54) is 0 Å². The summed E-state index contributed by atoms with van der Waals surface area (Å²) in [6.07, 6.45) is 0. The smallest absolute Gasteiger partial charge is 0.341 e. The minimum Gasteiger partial charge on any atom is -0.480 e. The molecule has 12 heavy (non-hydrogen) atoms. The Kier molecular flexibility index (Phi) is 10.1. The number of carboxylic acids is 2.